The van der Waals surface area contributed by atoms with Gasteiger partial charge in [0.05, 0.1) is 15.5 Å². The molecule has 3 rings (SSSR count). The lowest BCUT2D eigenvalue weighted by Crippen LogP contribution is -2.26. The summed E-state index contributed by atoms with van der Waals surface area (Å²) >= 11 is 6.11. The van der Waals surface area contributed by atoms with E-state index in [9.17, 15) is 13.2 Å². The van der Waals surface area contributed by atoms with Crippen LogP contribution in [0, 0.1) is 0 Å². The largest absolute Gasteiger partial charge is 0.458 e. The molecule has 0 radical (unpaired) electrons. The Bertz CT molecular complexity index is 940. The second-order valence-corrected chi connectivity index (χ2v) is 9.03. The first-order valence-electron chi connectivity index (χ1n) is 8.29. The molecule has 1 atom stereocenters. The fourth-order valence-electron chi connectivity index (χ4n) is 3.01. The molecule has 1 unspecified atom stereocenters. The minimum atomic E-state index is -3.66. The van der Waals surface area contributed by atoms with Gasteiger partial charge in [0.2, 0.25) is 10.0 Å². The molecule has 0 heterocycles. The van der Waals surface area contributed by atoms with E-state index in [-0.39, 0.29) is 21.6 Å². The van der Waals surface area contributed by atoms with Crippen LogP contribution in [0.25, 0.3) is 0 Å². The number of hydrogen-bond acceptors (Lipinski definition) is 4. The van der Waals surface area contributed by atoms with E-state index < -0.39 is 16.0 Å². The second kappa shape index (κ2) is 7.39. The number of hydrogen-bond donors (Lipinski definition) is 0. The molecule has 2 aromatic carbocycles. The molecule has 0 bridgehead atoms. The predicted octanol–water partition coefficient (Wildman–Crippen LogP) is 3.30. The monoisotopic (exact) mass is 393 g/mol. The van der Waals surface area contributed by atoms with Crippen LogP contribution in [0.2, 0.25) is 5.02 Å². The van der Waals surface area contributed by atoms with E-state index in [1.807, 2.05) is 18.2 Å². The van der Waals surface area contributed by atoms with Crippen LogP contribution in [-0.4, -0.2) is 38.9 Å². The van der Waals surface area contributed by atoms with Gasteiger partial charge in [0.15, 0.2) is 0 Å². The highest BCUT2D eigenvalue weighted by Crippen LogP contribution is 2.26. The van der Waals surface area contributed by atoms with Crippen molar-refractivity contribution in [2.75, 3.05) is 14.1 Å². The minimum Gasteiger partial charge on any atom is -0.458 e. The fraction of sp³-hybridized carbons (Fsp3) is 0.316. The molecule has 0 saturated carbocycles. The molecule has 26 heavy (non-hydrogen) atoms. The van der Waals surface area contributed by atoms with Gasteiger partial charge in [-0.2, -0.15) is 0 Å². The van der Waals surface area contributed by atoms with Crippen LogP contribution in [0.1, 0.15) is 27.9 Å². The molecule has 1 aliphatic rings. The normalized spacial score (nSPS) is 17.0. The van der Waals surface area contributed by atoms with Gasteiger partial charge < -0.3 is 4.74 Å². The maximum absolute atomic E-state index is 12.6. The van der Waals surface area contributed by atoms with Gasteiger partial charge in [0.25, 0.3) is 0 Å². The van der Waals surface area contributed by atoms with Crippen LogP contribution in [0.5, 0.6) is 0 Å². The van der Waals surface area contributed by atoms with Crippen LogP contribution < -0.4 is 0 Å². The molecule has 0 fully saturated rings. The molecule has 5 nitrogen and oxygen atoms in total. The first kappa shape index (κ1) is 18.9. The van der Waals surface area contributed by atoms with Crippen LogP contribution in [0.3, 0.4) is 0 Å². The molecule has 1 aliphatic carbocycles. The summed E-state index contributed by atoms with van der Waals surface area (Å²) in [5.74, 6) is -0.602. The van der Waals surface area contributed by atoms with Gasteiger partial charge in [0, 0.05) is 20.5 Å². The smallest absolute Gasteiger partial charge is 0.339 e. The lowest BCUT2D eigenvalue weighted by molar-refractivity contribution is 0.0271. The van der Waals surface area contributed by atoms with Crippen molar-refractivity contribution in [1.29, 1.82) is 0 Å². The van der Waals surface area contributed by atoms with E-state index in [1.165, 1.54) is 43.4 Å². The highest BCUT2D eigenvalue weighted by Gasteiger charge is 2.25. The van der Waals surface area contributed by atoms with E-state index in [2.05, 4.69) is 6.07 Å². The Labute approximate surface area is 158 Å². The molecule has 0 amide bonds. The number of fused-ring (bicyclic) bond motifs is 1. The summed E-state index contributed by atoms with van der Waals surface area (Å²) < 4.78 is 31.3. The van der Waals surface area contributed by atoms with E-state index in [1.54, 1.807) is 0 Å². The number of carbonyl (C=O) groups is 1. The molecule has 0 saturated heterocycles. The van der Waals surface area contributed by atoms with E-state index in [0.717, 1.165) is 17.1 Å². The highest BCUT2D eigenvalue weighted by atomic mass is 35.5. The lowest BCUT2D eigenvalue weighted by Gasteiger charge is -2.24. The fourth-order valence-corrected chi connectivity index (χ4v) is 4.14. The van der Waals surface area contributed by atoms with E-state index in [0.29, 0.717) is 6.42 Å². The van der Waals surface area contributed by atoms with Gasteiger partial charge in [-0.3, -0.25) is 0 Å². The van der Waals surface area contributed by atoms with Gasteiger partial charge >= 0.3 is 5.97 Å². The Hall–Kier alpha value is -1.89. The zero-order valence-electron chi connectivity index (χ0n) is 14.6. The van der Waals surface area contributed by atoms with Crippen molar-refractivity contribution in [1.82, 2.24) is 4.31 Å². The van der Waals surface area contributed by atoms with Crippen molar-refractivity contribution in [2.24, 2.45) is 0 Å². The first-order chi connectivity index (χ1) is 12.3. The summed E-state index contributed by atoms with van der Waals surface area (Å²) in [6, 6.07) is 12.1. The summed E-state index contributed by atoms with van der Waals surface area (Å²) in [4.78, 5) is 12.6. The highest BCUT2D eigenvalue weighted by molar-refractivity contribution is 7.89. The topological polar surface area (TPSA) is 63.7 Å². The minimum absolute atomic E-state index is 0.00726. The second-order valence-electron chi connectivity index (χ2n) is 6.47. The molecule has 138 valence electrons. The number of carbonyl (C=O) groups excluding carboxylic acids is 1. The number of aryl methyl sites for hydroxylation is 1. The first-order valence-corrected chi connectivity index (χ1v) is 10.1. The predicted molar refractivity (Wildman–Crippen MR) is 100.0 cm³/mol. The number of rotatable bonds is 4. The third-order valence-corrected chi connectivity index (χ3v) is 6.65. The molecule has 2 aromatic rings. The maximum atomic E-state index is 12.6. The Kier molecular flexibility index (Phi) is 5.37. The molecule has 0 aromatic heterocycles. The van der Waals surface area contributed by atoms with E-state index in [4.69, 9.17) is 16.3 Å². The Morgan fingerprint density at radius 1 is 1.15 bits per heavy atom. The Morgan fingerprint density at radius 2 is 1.85 bits per heavy atom. The maximum Gasteiger partial charge on any atom is 0.339 e. The zero-order chi connectivity index (χ0) is 18.9. The van der Waals surface area contributed by atoms with Gasteiger partial charge in [-0.1, -0.05) is 35.9 Å². The third-order valence-electron chi connectivity index (χ3n) is 4.51. The molecule has 0 spiro atoms. The van der Waals surface area contributed by atoms with Gasteiger partial charge in [-0.25, -0.2) is 17.5 Å². The third kappa shape index (κ3) is 3.77. The van der Waals surface area contributed by atoms with Crippen LogP contribution in [0.4, 0.5) is 0 Å². The van der Waals surface area contributed by atoms with Crippen molar-refractivity contribution in [3.05, 3.63) is 64.2 Å². The van der Waals surface area contributed by atoms with Crippen molar-refractivity contribution in [3.8, 4) is 0 Å². The number of esters is 1. The Morgan fingerprint density at radius 3 is 2.54 bits per heavy atom. The molecular weight excluding hydrogens is 374 g/mol. The van der Waals surface area contributed by atoms with Crippen molar-refractivity contribution < 1.29 is 17.9 Å². The molecular formula is C19H20ClNO4S. The van der Waals surface area contributed by atoms with Gasteiger partial charge in [-0.15, -0.1) is 0 Å². The summed E-state index contributed by atoms with van der Waals surface area (Å²) in [7, 11) is -0.792. The Balaban J connectivity index is 1.80. The van der Waals surface area contributed by atoms with Gasteiger partial charge in [0.1, 0.15) is 6.10 Å². The van der Waals surface area contributed by atoms with Crippen molar-refractivity contribution in [3.63, 3.8) is 0 Å². The standard InChI is InChI=1S/C19H20ClNO4S/c1-21(2)26(23,24)16-9-10-18(20)17(12-16)19(22)25-15-8-7-13-5-3-4-6-14(13)11-15/h3-6,9-10,12,15H,7-8,11H2,1-2H3. The molecule has 0 aliphatic heterocycles. The van der Waals surface area contributed by atoms with Crippen LogP contribution >= 0.6 is 11.6 Å². The SMILES string of the molecule is CN(C)S(=O)(=O)c1ccc(Cl)c(C(=O)OC2CCc3ccccc3C2)c1. The van der Waals surface area contributed by atoms with Crippen LogP contribution in [0.15, 0.2) is 47.4 Å². The van der Waals surface area contributed by atoms with E-state index >= 15 is 0 Å². The number of sulfonamides is 1. The quantitative estimate of drug-likeness (QED) is 0.747. The van der Waals surface area contributed by atoms with Crippen LogP contribution in [-0.2, 0) is 27.6 Å². The van der Waals surface area contributed by atoms with Crippen molar-refractivity contribution in [2.45, 2.75) is 30.3 Å². The van der Waals surface area contributed by atoms with Crippen molar-refractivity contribution >= 4 is 27.6 Å². The number of nitrogens with zero attached hydrogens (tertiary/aromatic N) is 1. The van der Waals surface area contributed by atoms with Gasteiger partial charge in [-0.05, 0) is 42.2 Å². The molecule has 0 N–H and O–H groups in total. The summed E-state index contributed by atoms with van der Waals surface area (Å²) in [6.07, 6.45) is 1.98. The zero-order valence-corrected chi connectivity index (χ0v) is 16.2. The number of halogens is 1. The summed E-state index contributed by atoms with van der Waals surface area (Å²) in [5.41, 5.74) is 2.51. The number of ether oxygens (including phenoxy) is 1. The summed E-state index contributed by atoms with van der Waals surface area (Å²) in [5, 5.41) is 0.170. The molecule has 7 heteroatoms. The number of benzene rings is 2. The lowest BCUT2D eigenvalue weighted by atomic mass is 9.90. The average molecular weight is 394 g/mol. The summed E-state index contributed by atoms with van der Waals surface area (Å²) in [6.45, 7) is 0. The average Bonchev–Trinajstić information content (AvgIpc) is 2.61.